The number of aromatic hydroxyl groups is 1. The Kier molecular flexibility index (Phi) is 4.28. The van der Waals surface area contributed by atoms with Crippen LogP contribution in [0.2, 0.25) is 0 Å². The Balaban J connectivity index is 2.92. The molecule has 2 N–H and O–H groups in total. The van der Waals surface area contributed by atoms with Gasteiger partial charge in [0.05, 0.1) is 12.5 Å². The van der Waals surface area contributed by atoms with Gasteiger partial charge in [-0.05, 0) is 18.1 Å². The molecular weight excluding hydrogens is 240 g/mol. The highest BCUT2D eigenvalue weighted by Gasteiger charge is 2.03. The molecule has 0 atom stereocenters. The van der Waals surface area contributed by atoms with Gasteiger partial charge in [-0.2, -0.15) is 5.10 Å². The molecule has 6 heteroatoms. The van der Waals surface area contributed by atoms with E-state index in [1.807, 2.05) is 4.83 Å². The molecular formula is C11H14N2O3S. The molecule has 1 aromatic carbocycles. The summed E-state index contributed by atoms with van der Waals surface area (Å²) in [7, 11) is -3.37. The van der Waals surface area contributed by atoms with E-state index in [0.717, 1.165) is 6.26 Å². The van der Waals surface area contributed by atoms with Crippen molar-refractivity contribution in [3.05, 3.63) is 42.0 Å². The Morgan fingerprint density at radius 3 is 2.82 bits per heavy atom. The molecule has 0 bridgehead atoms. The van der Waals surface area contributed by atoms with E-state index in [9.17, 15) is 13.5 Å². The summed E-state index contributed by atoms with van der Waals surface area (Å²) in [6.45, 7) is 3.58. The number of allylic oxidation sites excluding steroid dienone is 1. The molecule has 0 aliphatic rings. The lowest BCUT2D eigenvalue weighted by atomic mass is 10.1. The van der Waals surface area contributed by atoms with Crippen molar-refractivity contribution in [3.8, 4) is 5.75 Å². The topological polar surface area (TPSA) is 78.8 Å². The molecule has 0 heterocycles. The number of hydrogen-bond donors (Lipinski definition) is 2. The van der Waals surface area contributed by atoms with Crippen LogP contribution in [0.5, 0.6) is 5.75 Å². The highest BCUT2D eigenvalue weighted by atomic mass is 32.2. The Bertz CT molecular complexity index is 536. The average Bonchev–Trinajstić information content (AvgIpc) is 2.22. The number of hydrogen-bond acceptors (Lipinski definition) is 4. The van der Waals surface area contributed by atoms with Crippen LogP contribution in [0.1, 0.15) is 11.1 Å². The lowest BCUT2D eigenvalue weighted by Gasteiger charge is -2.04. The maximum atomic E-state index is 10.8. The van der Waals surface area contributed by atoms with E-state index in [2.05, 4.69) is 11.7 Å². The summed E-state index contributed by atoms with van der Waals surface area (Å²) in [5, 5.41) is 13.4. The van der Waals surface area contributed by atoms with E-state index < -0.39 is 10.0 Å². The molecule has 0 unspecified atom stereocenters. The van der Waals surface area contributed by atoms with Crippen LogP contribution in [0.15, 0.2) is 36.0 Å². The summed E-state index contributed by atoms with van der Waals surface area (Å²) in [6, 6.07) is 5.15. The first-order chi connectivity index (χ1) is 7.94. The molecule has 0 aliphatic heterocycles. The smallest absolute Gasteiger partial charge is 0.244 e. The second-order valence-electron chi connectivity index (χ2n) is 3.47. The maximum Gasteiger partial charge on any atom is 0.244 e. The van der Waals surface area contributed by atoms with Gasteiger partial charge in [-0.3, -0.25) is 0 Å². The first-order valence-electron chi connectivity index (χ1n) is 4.85. The van der Waals surface area contributed by atoms with Crippen LogP contribution in [0.4, 0.5) is 0 Å². The highest BCUT2D eigenvalue weighted by Crippen LogP contribution is 2.21. The standard InChI is InChI=1S/C11H14N2O3S/c1-3-5-9-6-4-7-10(11(9)14)8-12-13-17(2,15)16/h3-4,6-8,13-14H,1,5H2,2H3/b12-8-. The van der Waals surface area contributed by atoms with E-state index in [1.54, 1.807) is 24.3 Å². The van der Waals surface area contributed by atoms with Crippen molar-refractivity contribution in [2.45, 2.75) is 6.42 Å². The quantitative estimate of drug-likeness (QED) is 0.467. The minimum atomic E-state index is -3.37. The molecule has 1 aromatic rings. The first kappa shape index (κ1) is 13.2. The van der Waals surface area contributed by atoms with Gasteiger partial charge in [0.25, 0.3) is 0 Å². The van der Waals surface area contributed by atoms with Gasteiger partial charge in [-0.1, -0.05) is 18.2 Å². The molecule has 92 valence electrons. The summed E-state index contributed by atoms with van der Waals surface area (Å²) in [6.07, 6.45) is 4.46. The fourth-order valence-electron chi connectivity index (χ4n) is 1.23. The van der Waals surface area contributed by atoms with Gasteiger partial charge in [0.1, 0.15) is 5.75 Å². The van der Waals surface area contributed by atoms with Crippen molar-refractivity contribution >= 4 is 16.2 Å². The summed E-state index contributed by atoms with van der Waals surface area (Å²) >= 11 is 0. The number of hydrazone groups is 1. The van der Waals surface area contributed by atoms with E-state index >= 15 is 0 Å². The van der Waals surface area contributed by atoms with Crippen LogP contribution in [0, 0.1) is 0 Å². The average molecular weight is 254 g/mol. The summed E-state index contributed by atoms with van der Waals surface area (Å²) < 4.78 is 21.6. The monoisotopic (exact) mass is 254 g/mol. The number of phenols is 1. The number of benzene rings is 1. The Labute approximate surface area is 101 Å². The number of phenolic OH excluding ortho intramolecular Hbond substituents is 1. The molecule has 0 saturated carbocycles. The first-order valence-corrected chi connectivity index (χ1v) is 6.75. The van der Waals surface area contributed by atoms with Crippen LogP contribution < -0.4 is 4.83 Å². The van der Waals surface area contributed by atoms with E-state index in [-0.39, 0.29) is 5.75 Å². The normalized spacial score (nSPS) is 11.6. The molecule has 0 fully saturated rings. The van der Waals surface area contributed by atoms with Gasteiger partial charge in [0.2, 0.25) is 10.0 Å². The second kappa shape index (κ2) is 5.49. The van der Waals surface area contributed by atoms with Crippen LogP contribution in [0.25, 0.3) is 0 Å². The molecule has 0 aromatic heterocycles. The Morgan fingerprint density at radius 1 is 1.53 bits per heavy atom. The highest BCUT2D eigenvalue weighted by molar-refractivity contribution is 7.88. The number of para-hydroxylation sites is 1. The summed E-state index contributed by atoms with van der Waals surface area (Å²) in [4.78, 5) is 1.96. The van der Waals surface area contributed by atoms with E-state index in [0.29, 0.717) is 17.5 Å². The van der Waals surface area contributed by atoms with Gasteiger partial charge < -0.3 is 5.11 Å². The zero-order valence-electron chi connectivity index (χ0n) is 9.42. The van der Waals surface area contributed by atoms with Crippen molar-refractivity contribution in [2.24, 2.45) is 5.10 Å². The number of nitrogens with zero attached hydrogens (tertiary/aromatic N) is 1. The fraction of sp³-hybridized carbons (Fsp3) is 0.182. The molecule has 1 rings (SSSR count). The van der Waals surface area contributed by atoms with E-state index in [1.165, 1.54) is 6.21 Å². The third kappa shape index (κ3) is 4.28. The fourth-order valence-corrected chi connectivity index (χ4v) is 1.47. The van der Waals surface area contributed by atoms with Crippen molar-refractivity contribution < 1.29 is 13.5 Å². The third-order valence-corrected chi connectivity index (χ3v) is 2.37. The lowest BCUT2D eigenvalue weighted by Crippen LogP contribution is -2.15. The number of rotatable bonds is 5. The van der Waals surface area contributed by atoms with Gasteiger partial charge in [-0.15, -0.1) is 6.58 Å². The Morgan fingerprint density at radius 2 is 2.24 bits per heavy atom. The maximum absolute atomic E-state index is 10.8. The second-order valence-corrected chi connectivity index (χ2v) is 5.20. The largest absolute Gasteiger partial charge is 0.507 e. The van der Waals surface area contributed by atoms with Gasteiger partial charge in [-0.25, -0.2) is 13.2 Å². The predicted octanol–water partition coefficient (Wildman–Crippen LogP) is 1.00. The minimum Gasteiger partial charge on any atom is -0.507 e. The molecule has 0 amide bonds. The molecule has 0 radical (unpaired) electrons. The molecule has 5 nitrogen and oxygen atoms in total. The lowest BCUT2D eigenvalue weighted by molar-refractivity contribution is 0.469. The third-order valence-electron chi connectivity index (χ3n) is 1.94. The predicted molar refractivity (Wildman–Crippen MR) is 67.6 cm³/mol. The van der Waals surface area contributed by atoms with E-state index in [4.69, 9.17) is 0 Å². The van der Waals surface area contributed by atoms with Crippen molar-refractivity contribution in [2.75, 3.05) is 6.26 Å². The Hall–Kier alpha value is -1.82. The van der Waals surface area contributed by atoms with Crippen LogP contribution in [0.3, 0.4) is 0 Å². The van der Waals surface area contributed by atoms with Gasteiger partial charge in [0.15, 0.2) is 0 Å². The van der Waals surface area contributed by atoms with Crippen molar-refractivity contribution in [3.63, 3.8) is 0 Å². The van der Waals surface area contributed by atoms with Crippen LogP contribution in [-0.2, 0) is 16.4 Å². The van der Waals surface area contributed by atoms with Crippen LogP contribution >= 0.6 is 0 Å². The zero-order valence-corrected chi connectivity index (χ0v) is 10.2. The van der Waals surface area contributed by atoms with Crippen molar-refractivity contribution in [1.29, 1.82) is 0 Å². The molecule has 0 spiro atoms. The minimum absolute atomic E-state index is 0.0754. The number of sulfonamides is 1. The molecule has 0 aliphatic carbocycles. The van der Waals surface area contributed by atoms with Crippen LogP contribution in [-0.4, -0.2) is 26.0 Å². The zero-order chi connectivity index (χ0) is 12.9. The van der Waals surface area contributed by atoms with Gasteiger partial charge >= 0.3 is 0 Å². The molecule has 0 saturated heterocycles. The summed E-state index contributed by atoms with van der Waals surface area (Å²) in [5.41, 5.74) is 1.16. The van der Waals surface area contributed by atoms with Gasteiger partial charge in [0, 0.05) is 5.56 Å². The van der Waals surface area contributed by atoms with Crippen molar-refractivity contribution in [1.82, 2.24) is 4.83 Å². The SMILES string of the molecule is C=CCc1cccc(/C=N\NS(C)(=O)=O)c1O. The summed E-state index contributed by atoms with van der Waals surface area (Å²) in [5.74, 6) is 0.0754. The molecule has 17 heavy (non-hydrogen) atoms. The number of nitrogens with one attached hydrogen (secondary N) is 1.